The lowest BCUT2D eigenvalue weighted by Crippen LogP contribution is -2.63. The Balaban J connectivity index is 1.95. The Hall–Kier alpha value is -1.75. The number of carbonyl (C=O) groups is 2. The second kappa shape index (κ2) is 5.22. The number of carbonyl (C=O) groups excluding carboxylic acids is 2. The molecule has 2 aliphatic rings. The number of nitrogens with zero attached hydrogens (tertiary/aromatic N) is 1. The molecule has 6 heteroatoms. The van der Waals surface area contributed by atoms with E-state index in [1.807, 2.05) is 0 Å². The van der Waals surface area contributed by atoms with Gasteiger partial charge in [0.2, 0.25) is 5.91 Å². The normalized spacial score (nSPS) is 25.8. The largest absolute Gasteiger partial charge is 0.495 e. The molecule has 1 heterocycles. The highest BCUT2D eigenvalue weighted by Crippen LogP contribution is 2.37. The number of benzene rings is 1. The summed E-state index contributed by atoms with van der Waals surface area (Å²) in [5.74, 6) is 0.621. The van der Waals surface area contributed by atoms with Crippen LogP contribution >= 0.6 is 11.6 Å². The summed E-state index contributed by atoms with van der Waals surface area (Å²) in [5.41, 5.74) is 0.624. The third-order valence-electron chi connectivity index (χ3n) is 4.07. The van der Waals surface area contributed by atoms with Crippen molar-refractivity contribution in [2.24, 2.45) is 5.92 Å². The first-order chi connectivity index (χ1) is 10.0. The zero-order valence-corrected chi connectivity index (χ0v) is 12.7. The minimum absolute atomic E-state index is 0.0640. The number of hydrogen-bond acceptors (Lipinski definition) is 3. The maximum atomic E-state index is 12.7. The van der Waals surface area contributed by atoms with Crippen molar-refractivity contribution in [1.29, 1.82) is 0 Å². The Kier molecular flexibility index (Phi) is 3.53. The number of ether oxygens (including phenoxy) is 1. The minimum Gasteiger partial charge on any atom is -0.495 e. The zero-order chi connectivity index (χ0) is 15.1. The number of piperazine rings is 1. The van der Waals surface area contributed by atoms with Gasteiger partial charge in [-0.05, 0) is 43.9 Å². The van der Waals surface area contributed by atoms with Crippen LogP contribution in [0.25, 0.3) is 0 Å². The Morgan fingerprint density at radius 1 is 1.33 bits per heavy atom. The van der Waals surface area contributed by atoms with E-state index in [2.05, 4.69) is 5.32 Å². The van der Waals surface area contributed by atoms with Gasteiger partial charge in [0.25, 0.3) is 5.91 Å². The molecule has 1 aromatic carbocycles. The molecule has 1 aliphatic carbocycles. The van der Waals surface area contributed by atoms with E-state index in [0.717, 1.165) is 12.8 Å². The molecular formula is C15H17ClN2O3. The number of rotatable bonds is 3. The van der Waals surface area contributed by atoms with Crippen LogP contribution in [-0.4, -0.2) is 31.0 Å². The smallest absolute Gasteiger partial charge is 0.250 e. The van der Waals surface area contributed by atoms with E-state index in [1.54, 1.807) is 25.1 Å². The highest BCUT2D eigenvalue weighted by Gasteiger charge is 2.46. The van der Waals surface area contributed by atoms with Crippen LogP contribution in [0, 0.1) is 5.92 Å². The van der Waals surface area contributed by atoms with Crippen molar-refractivity contribution in [3.8, 4) is 5.75 Å². The van der Waals surface area contributed by atoms with E-state index in [-0.39, 0.29) is 17.7 Å². The van der Waals surface area contributed by atoms with Gasteiger partial charge in [-0.15, -0.1) is 0 Å². The van der Waals surface area contributed by atoms with E-state index in [4.69, 9.17) is 16.3 Å². The van der Waals surface area contributed by atoms with E-state index in [0.29, 0.717) is 16.5 Å². The molecule has 5 nitrogen and oxygen atoms in total. The second-order valence-electron chi connectivity index (χ2n) is 5.53. The summed E-state index contributed by atoms with van der Waals surface area (Å²) in [6, 6.07) is 4.17. The molecule has 2 atom stereocenters. The third kappa shape index (κ3) is 2.46. The monoisotopic (exact) mass is 308 g/mol. The summed E-state index contributed by atoms with van der Waals surface area (Å²) < 4.78 is 5.12. The molecule has 0 radical (unpaired) electrons. The van der Waals surface area contributed by atoms with Gasteiger partial charge >= 0.3 is 0 Å². The van der Waals surface area contributed by atoms with Gasteiger partial charge in [0.15, 0.2) is 0 Å². The maximum absolute atomic E-state index is 12.7. The standard InChI is InChI=1S/C15H17ClN2O3/c1-8-14(19)17-13(9-3-4-9)15(20)18(8)10-5-6-12(21-2)11(16)7-10/h5-9,13H,3-4H2,1-2H3,(H,17,19). The van der Waals surface area contributed by atoms with Gasteiger partial charge in [-0.25, -0.2) is 0 Å². The van der Waals surface area contributed by atoms with E-state index in [9.17, 15) is 9.59 Å². The van der Waals surface area contributed by atoms with Crippen molar-refractivity contribution < 1.29 is 14.3 Å². The van der Waals surface area contributed by atoms with Crippen molar-refractivity contribution in [2.45, 2.75) is 31.8 Å². The molecule has 21 heavy (non-hydrogen) atoms. The number of nitrogens with one attached hydrogen (secondary N) is 1. The predicted molar refractivity (Wildman–Crippen MR) is 79.6 cm³/mol. The zero-order valence-electron chi connectivity index (χ0n) is 11.9. The van der Waals surface area contributed by atoms with Crippen molar-refractivity contribution >= 4 is 29.1 Å². The molecule has 112 valence electrons. The number of halogens is 1. The number of anilines is 1. The molecule has 1 saturated carbocycles. The summed E-state index contributed by atoms with van der Waals surface area (Å²) >= 11 is 6.13. The average molecular weight is 309 g/mol. The highest BCUT2D eigenvalue weighted by molar-refractivity contribution is 6.32. The Bertz CT molecular complexity index is 601. The van der Waals surface area contributed by atoms with Gasteiger partial charge in [-0.1, -0.05) is 11.6 Å². The van der Waals surface area contributed by atoms with Crippen molar-refractivity contribution in [3.63, 3.8) is 0 Å². The van der Waals surface area contributed by atoms with Crippen LogP contribution in [0.2, 0.25) is 5.02 Å². The highest BCUT2D eigenvalue weighted by atomic mass is 35.5. The van der Waals surface area contributed by atoms with Crippen molar-refractivity contribution in [3.05, 3.63) is 23.2 Å². The fraction of sp³-hybridized carbons (Fsp3) is 0.467. The number of methoxy groups -OCH3 is 1. The fourth-order valence-corrected chi connectivity index (χ4v) is 2.95. The predicted octanol–water partition coefficient (Wildman–Crippen LogP) is 1.98. The van der Waals surface area contributed by atoms with Crippen LogP contribution in [0.4, 0.5) is 5.69 Å². The fourth-order valence-electron chi connectivity index (χ4n) is 2.70. The molecule has 0 spiro atoms. The Morgan fingerprint density at radius 3 is 2.62 bits per heavy atom. The van der Waals surface area contributed by atoms with Crippen LogP contribution in [0.15, 0.2) is 18.2 Å². The first-order valence-electron chi connectivity index (χ1n) is 7.00. The molecule has 2 unspecified atom stereocenters. The van der Waals surface area contributed by atoms with Crippen LogP contribution in [-0.2, 0) is 9.59 Å². The topological polar surface area (TPSA) is 58.6 Å². The molecule has 3 rings (SSSR count). The quantitative estimate of drug-likeness (QED) is 0.929. The molecule has 1 aliphatic heterocycles. The molecule has 1 saturated heterocycles. The first kappa shape index (κ1) is 14.2. The lowest BCUT2D eigenvalue weighted by molar-refractivity contribution is -0.133. The van der Waals surface area contributed by atoms with Gasteiger partial charge < -0.3 is 10.1 Å². The van der Waals surface area contributed by atoms with Crippen LogP contribution in [0.5, 0.6) is 5.75 Å². The molecular weight excluding hydrogens is 292 g/mol. The van der Waals surface area contributed by atoms with Crippen molar-refractivity contribution in [2.75, 3.05) is 12.0 Å². The summed E-state index contributed by atoms with van der Waals surface area (Å²) in [4.78, 5) is 26.3. The molecule has 1 aromatic rings. The van der Waals surface area contributed by atoms with Gasteiger partial charge in [0, 0.05) is 5.69 Å². The molecule has 0 bridgehead atoms. The van der Waals surface area contributed by atoms with E-state index >= 15 is 0 Å². The van der Waals surface area contributed by atoms with Gasteiger partial charge in [0.05, 0.1) is 12.1 Å². The van der Waals surface area contributed by atoms with E-state index < -0.39 is 12.1 Å². The van der Waals surface area contributed by atoms with Gasteiger partial charge in [-0.2, -0.15) is 0 Å². The first-order valence-corrected chi connectivity index (χ1v) is 7.37. The molecule has 2 amide bonds. The second-order valence-corrected chi connectivity index (χ2v) is 5.93. The van der Waals surface area contributed by atoms with Gasteiger partial charge in [-0.3, -0.25) is 14.5 Å². The van der Waals surface area contributed by atoms with Crippen LogP contribution in [0.3, 0.4) is 0 Å². The summed E-state index contributed by atoms with van der Waals surface area (Å²) in [6.45, 7) is 1.72. The summed E-state index contributed by atoms with van der Waals surface area (Å²) in [5, 5.41) is 3.25. The molecule has 1 N–H and O–H groups in total. The lowest BCUT2D eigenvalue weighted by Gasteiger charge is -2.37. The van der Waals surface area contributed by atoms with Crippen molar-refractivity contribution in [1.82, 2.24) is 5.32 Å². The maximum Gasteiger partial charge on any atom is 0.250 e. The number of hydrogen-bond donors (Lipinski definition) is 1. The third-order valence-corrected chi connectivity index (χ3v) is 4.37. The molecule has 0 aromatic heterocycles. The SMILES string of the molecule is COc1ccc(N2C(=O)C(C3CC3)NC(=O)C2C)cc1Cl. The molecule has 2 fully saturated rings. The Labute approximate surface area is 128 Å². The van der Waals surface area contributed by atoms with Gasteiger partial charge in [0.1, 0.15) is 17.8 Å². The summed E-state index contributed by atoms with van der Waals surface area (Å²) in [6.07, 6.45) is 1.98. The van der Waals surface area contributed by atoms with E-state index in [1.165, 1.54) is 12.0 Å². The van der Waals surface area contributed by atoms with Crippen LogP contribution in [0.1, 0.15) is 19.8 Å². The lowest BCUT2D eigenvalue weighted by atomic mass is 10.0. The van der Waals surface area contributed by atoms with Crippen LogP contribution < -0.4 is 15.0 Å². The number of amides is 2. The average Bonchev–Trinajstić information content (AvgIpc) is 3.28. The Morgan fingerprint density at radius 2 is 2.05 bits per heavy atom. The summed E-state index contributed by atoms with van der Waals surface area (Å²) in [7, 11) is 1.53. The minimum atomic E-state index is -0.544.